The lowest BCUT2D eigenvalue weighted by Gasteiger charge is -2.21. The number of hydrogen-bond donors (Lipinski definition) is 4. The van der Waals surface area contributed by atoms with Crippen LogP contribution in [0, 0.1) is 0 Å². The summed E-state index contributed by atoms with van der Waals surface area (Å²) in [6.07, 6.45) is 85.1. The van der Waals surface area contributed by atoms with Crippen LogP contribution in [-0.2, 0) is 55.8 Å². The first kappa shape index (κ1) is 92.7. The fraction of sp³-hybridized carbons (Fsp3) is 0.684. The molecule has 0 aliphatic heterocycles. The van der Waals surface area contributed by atoms with Crippen molar-refractivity contribution in [2.24, 2.45) is 0 Å². The number of ether oxygens (including phenoxy) is 3. The molecule has 0 aromatic carbocycles. The van der Waals surface area contributed by atoms with E-state index in [1.165, 1.54) is 57.8 Å². The SMILES string of the molecule is CC/C=C\C/C=C\C/C=C\C/C=C\C/C=C\CCCCCCCCCCCCCCCC(=O)OCC(O)COP(=O)(O)OCC(O)COP(=O)(O)OCC(COC(=O)CCCCCCCCC/C=C\C/C=C\C/C=C\CC)OC(=O)CCCCCCC/C=C\C/C=C\C/C=C\CC. The van der Waals surface area contributed by atoms with E-state index in [2.05, 4.69) is 154 Å². The first-order valence-electron chi connectivity index (χ1n) is 37.5. The van der Waals surface area contributed by atoms with Gasteiger partial charge in [0.2, 0.25) is 0 Å². The molecule has 0 saturated heterocycles. The molecule has 16 nitrogen and oxygen atoms in total. The van der Waals surface area contributed by atoms with Crippen LogP contribution in [0.5, 0.6) is 0 Å². The molecule has 0 aliphatic rings. The van der Waals surface area contributed by atoms with Gasteiger partial charge in [-0.2, -0.15) is 0 Å². The number of aliphatic hydroxyl groups excluding tert-OH is 2. The Morgan fingerprint density at radius 3 is 0.814 bits per heavy atom. The standard InChI is InChI=1S/C79H134O16P2/c1-4-7-10-13-16-19-22-25-28-30-31-32-33-34-35-36-37-38-39-40-41-43-46-47-50-53-56-59-62-65-77(82)89-68-74(80)69-91-96(85,86)92-70-75(81)71-93-97(87,88)94-73-76(95-79(84)67-64-61-58-55-52-49-44-27-24-21-18-15-12-9-6-3)72-90-78(83)66-63-60-57-54-51-48-45-42-29-26-23-20-17-14-11-8-5-2/h7-12,16-21,25-29,31-32,34-35,44,74-76,80-81H,4-6,13-15,22-24,30,33,36-43,45-73H2,1-3H3,(H,85,86)(H,87,88)/b10-7-,11-8-,12-9-,19-16-,20-17-,21-18-,28-25-,29-26-,32-31-,35-34-,44-27-. The number of allylic oxidation sites excluding steroid dienone is 22. The van der Waals surface area contributed by atoms with Gasteiger partial charge in [-0.25, -0.2) is 9.13 Å². The summed E-state index contributed by atoms with van der Waals surface area (Å²) >= 11 is 0. The van der Waals surface area contributed by atoms with Gasteiger partial charge in [-0.1, -0.05) is 276 Å². The average Bonchev–Trinajstić information content (AvgIpc) is 1.48. The van der Waals surface area contributed by atoms with Crippen LogP contribution in [0.4, 0.5) is 0 Å². The van der Waals surface area contributed by atoms with E-state index in [-0.39, 0.29) is 19.3 Å². The lowest BCUT2D eigenvalue weighted by Crippen LogP contribution is -2.30. The average molecular weight is 1400 g/mol. The van der Waals surface area contributed by atoms with Gasteiger partial charge in [0.1, 0.15) is 25.4 Å². The van der Waals surface area contributed by atoms with Crippen LogP contribution in [0.1, 0.15) is 290 Å². The fourth-order valence-electron chi connectivity index (χ4n) is 9.74. The van der Waals surface area contributed by atoms with Crippen LogP contribution < -0.4 is 0 Å². The van der Waals surface area contributed by atoms with Crippen LogP contribution >= 0.6 is 15.6 Å². The summed E-state index contributed by atoms with van der Waals surface area (Å²) in [6.45, 7) is 2.31. The minimum Gasteiger partial charge on any atom is -0.463 e. The summed E-state index contributed by atoms with van der Waals surface area (Å²) in [5.74, 6) is -1.61. The summed E-state index contributed by atoms with van der Waals surface area (Å²) in [6, 6.07) is 0. The predicted molar refractivity (Wildman–Crippen MR) is 399 cm³/mol. The molecule has 0 rings (SSSR count). The lowest BCUT2D eigenvalue weighted by atomic mass is 10.0. The molecule has 5 unspecified atom stereocenters. The Morgan fingerprint density at radius 2 is 0.515 bits per heavy atom. The first-order chi connectivity index (χ1) is 47.2. The number of hydrogen-bond acceptors (Lipinski definition) is 14. The minimum atomic E-state index is -4.94. The Kier molecular flexibility index (Phi) is 68.3. The maximum atomic E-state index is 12.9. The molecule has 0 radical (unpaired) electrons. The van der Waals surface area contributed by atoms with Crippen LogP contribution in [0.2, 0.25) is 0 Å². The van der Waals surface area contributed by atoms with E-state index in [4.69, 9.17) is 32.3 Å². The van der Waals surface area contributed by atoms with E-state index in [1.54, 1.807) is 0 Å². The van der Waals surface area contributed by atoms with E-state index in [1.807, 2.05) is 0 Å². The second-order valence-electron chi connectivity index (χ2n) is 24.7. The van der Waals surface area contributed by atoms with Gasteiger partial charge in [0.05, 0.1) is 26.4 Å². The van der Waals surface area contributed by atoms with E-state index >= 15 is 0 Å². The second kappa shape index (κ2) is 71.5. The summed E-state index contributed by atoms with van der Waals surface area (Å²) < 4.78 is 61.0. The van der Waals surface area contributed by atoms with Gasteiger partial charge in [0.25, 0.3) is 0 Å². The second-order valence-corrected chi connectivity index (χ2v) is 27.6. The maximum absolute atomic E-state index is 12.9. The fourth-order valence-corrected chi connectivity index (χ4v) is 11.3. The van der Waals surface area contributed by atoms with Crippen molar-refractivity contribution in [2.45, 2.75) is 309 Å². The molecule has 0 fully saturated rings. The first-order valence-corrected chi connectivity index (χ1v) is 40.5. The molecular weight excluding hydrogens is 1270 g/mol. The molecule has 0 spiro atoms. The summed E-state index contributed by atoms with van der Waals surface area (Å²) in [5, 5.41) is 20.6. The number of esters is 3. The number of aliphatic hydroxyl groups is 2. The molecule has 0 aromatic heterocycles. The summed E-state index contributed by atoms with van der Waals surface area (Å²) in [5.41, 5.74) is 0. The van der Waals surface area contributed by atoms with Gasteiger partial charge in [0, 0.05) is 19.3 Å². The van der Waals surface area contributed by atoms with Crippen molar-refractivity contribution in [1.82, 2.24) is 0 Å². The van der Waals surface area contributed by atoms with Crippen molar-refractivity contribution >= 4 is 33.6 Å². The Hall–Kier alpha value is -4.31. The summed E-state index contributed by atoms with van der Waals surface area (Å²) in [4.78, 5) is 58.5. The Morgan fingerprint density at radius 1 is 0.289 bits per heavy atom. The molecule has 556 valence electrons. The molecule has 0 bridgehead atoms. The molecule has 0 saturated carbocycles. The quantitative estimate of drug-likeness (QED) is 0.0146. The van der Waals surface area contributed by atoms with Crippen molar-refractivity contribution in [2.75, 3.05) is 39.6 Å². The number of phosphoric ester groups is 2. The van der Waals surface area contributed by atoms with Crippen LogP contribution in [0.25, 0.3) is 0 Å². The molecule has 97 heavy (non-hydrogen) atoms. The number of carbonyl (C=O) groups is 3. The number of carbonyl (C=O) groups excluding carboxylic acids is 3. The monoisotopic (exact) mass is 1400 g/mol. The zero-order valence-corrected chi connectivity index (χ0v) is 62.2. The highest BCUT2D eigenvalue weighted by atomic mass is 31.2. The van der Waals surface area contributed by atoms with Crippen molar-refractivity contribution in [3.8, 4) is 0 Å². The van der Waals surface area contributed by atoms with Gasteiger partial charge < -0.3 is 34.2 Å². The lowest BCUT2D eigenvalue weighted by molar-refractivity contribution is -0.161. The van der Waals surface area contributed by atoms with Gasteiger partial charge in [0.15, 0.2) is 6.10 Å². The largest absolute Gasteiger partial charge is 0.472 e. The highest BCUT2D eigenvalue weighted by Crippen LogP contribution is 2.45. The topological polar surface area (TPSA) is 231 Å². The van der Waals surface area contributed by atoms with E-state index < -0.39 is 91.5 Å². The number of rotatable bonds is 70. The van der Waals surface area contributed by atoms with Crippen LogP contribution in [-0.4, -0.2) is 95.9 Å². The third-order valence-electron chi connectivity index (χ3n) is 15.4. The minimum absolute atomic E-state index is 0.0803. The maximum Gasteiger partial charge on any atom is 0.472 e. The highest BCUT2D eigenvalue weighted by molar-refractivity contribution is 7.47. The number of unbranched alkanes of at least 4 members (excludes halogenated alkanes) is 25. The molecule has 18 heteroatoms. The van der Waals surface area contributed by atoms with Gasteiger partial charge in [-0.3, -0.25) is 32.5 Å². The Labute approximate surface area is 588 Å². The van der Waals surface area contributed by atoms with Gasteiger partial charge in [-0.15, -0.1) is 0 Å². The Balaban J connectivity index is 4.51. The normalized spacial score (nSPS) is 14.8. The molecular formula is C79H134O16P2. The van der Waals surface area contributed by atoms with Gasteiger partial charge >= 0.3 is 33.6 Å². The van der Waals surface area contributed by atoms with Crippen LogP contribution in [0.3, 0.4) is 0 Å². The zero-order valence-electron chi connectivity index (χ0n) is 60.5. The van der Waals surface area contributed by atoms with Gasteiger partial charge in [-0.05, 0) is 128 Å². The smallest absolute Gasteiger partial charge is 0.463 e. The van der Waals surface area contributed by atoms with Crippen molar-refractivity contribution in [3.05, 3.63) is 134 Å². The van der Waals surface area contributed by atoms with Crippen molar-refractivity contribution < 1.29 is 75.8 Å². The molecule has 0 aliphatic carbocycles. The molecule has 0 heterocycles. The number of phosphoric acid groups is 2. The third-order valence-corrected chi connectivity index (χ3v) is 17.3. The van der Waals surface area contributed by atoms with E-state index in [0.29, 0.717) is 19.3 Å². The van der Waals surface area contributed by atoms with Crippen molar-refractivity contribution in [3.63, 3.8) is 0 Å². The molecule has 0 amide bonds. The van der Waals surface area contributed by atoms with Crippen molar-refractivity contribution in [1.29, 1.82) is 0 Å². The summed E-state index contributed by atoms with van der Waals surface area (Å²) in [7, 11) is -9.79. The molecule has 5 atom stereocenters. The van der Waals surface area contributed by atoms with Crippen LogP contribution in [0.15, 0.2) is 134 Å². The third kappa shape index (κ3) is 72.8. The van der Waals surface area contributed by atoms with E-state index in [0.717, 1.165) is 173 Å². The zero-order chi connectivity index (χ0) is 70.9. The van der Waals surface area contributed by atoms with E-state index in [9.17, 15) is 43.5 Å². The molecule has 0 aromatic rings. The highest BCUT2D eigenvalue weighted by Gasteiger charge is 2.29. The predicted octanol–water partition coefficient (Wildman–Crippen LogP) is 21.5. The molecule has 4 N–H and O–H groups in total. The Bertz CT molecular complexity index is 2300.